The fourth-order valence-corrected chi connectivity index (χ4v) is 2.87. The zero-order valence-electron chi connectivity index (χ0n) is 12.2. The summed E-state index contributed by atoms with van der Waals surface area (Å²) in [6.07, 6.45) is 3.78. The van der Waals surface area contributed by atoms with Crippen molar-refractivity contribution in [2.75, 3.05) is 13.7 Å². The Morgan fingerprint density at radius 1 is 1.40 bits per heavy atom. The predicted octanol–water partition coefficient (Wildman–Crippen LogP) is 2.83. The van der Waals surface area contributed by atoms with Crippen molar-refractivity contribution in [3.8, 4) is 5.75 Å². The van der Waals surface area contributed by atoms with Gasteiger partial charge in [-0.1, -0.05) is 24.8 Å². The normalized spacial score (nSPS) is 10.8. The number of aromatic nitrogens is 2. The standard InChI is InChI=1S/C15H21N3OS/c1-4-16-10-12-5-6-14(19-3)13(9-12)11-20-15-17-7-8-18(15)2/h5-9,16H,4,10-11H2,1-3H3. The van der Waals surface area contributed by atoms with Crippen LogP contribution in [0.2, 0.25) is 0 Å². The maximum atomic E-state index is 5.44. The third-order valence-electron chi connectivity index (χ3n) is 3.06. The van der Waals surface area contributed by atoms with Crippen molar-refractivity contribution < 1.29 is 4.74 Å². The van der Waals surface area contributed by atoms with Crippen LogP contribution in [0.25, 0.3) is 0 Å². The van der Waals surface area contributed by atoms with E-state index in [9.17, 15) is 0 Å². The molecule has 108 valence electrons. The first-order valence-corrected chi connectivity index (χ1v) is 7.69. The summed E-state index contributed by atoms with van der Waals surface area (Å²) in [5.74, 6) is 1.79. The first kappa shape index (κ1) is 14.9. The number of rotatable bonds is 7. The minimum atomic E-state index is 0.855. The van der Waals surface area contributed by atoms with Crippen molar-refractivity contribution in [3.05, 3.63) is 41.7 Å². The summed E-state index contributed by atoms with van der Waals surface area (Å²) in [4.78, 5) is 4.33. The number of hydrogen-bond donors (Lipinski definition) is 1. The van der Waals surface area contributed by atoms with Gasteiger partial charge in [0.15, 0.2) is 5.16 Å². The molecule has 0 radical (unpaired) electrons. The van der Waals surface area contributed by atoms with E-state index in [1.165, 1.54) is 11.1 Å². The highest BCUT2D eigenvalue weighted by atomic mass is 32.2. The Bertz CT molecular complexity index is 554. The molecule has 0 aliphatic heterocycles. The van der Waals surface area contributed by atoms with E-state index < -0.39 is 0 Å². The van der Waals surface area contributed by atoms with Crippen molar-refractivity contribution in [1.82, 2.24) is 14.9 Å². The Labute approximate surface area is 124 Å². The van der Waals surface area contributed by atoms with E-state index in [4.69, 9.17) is 4.74 Å². The van der Waals surface area contributed by atoms with Gasteiger partial charge < -0.3 is 14.6 Å². The number of nitrogens with zero attached hydrogens (tertiary/aromatic N) is 2. The van der Waals surface area contributed by atoms with Gasteiger partial charge >= 0.3 is 0 Å². The SMILES string of the molecule is CCNCc1ccc(OC)c(CSc2nccn2C)c1. The molecule has 0 saturated carbocycles. The minimum Gasteiger partial charge on any atom is -0.496 e. The Morgan fingerprint density at radius 2 is 2.25 bits per heavy atom. The molecule has 0 bridgehead atoms. The van der Waals surface area contributed by atoms with Gasteiger partial charge in [0.05, 0.1) is 7.11 Å². The Morgan fingerprint density at radius 3 is 2.90 bits per heavy atom. The van der Waals surface area contributed by atoms with Gasteiger partial charge in [-0.3, -0.25) is 0 Å². The molecule has 0 aliphatic rings. The summed E-state index contributed by atoms with van der Waals surface area (Å²) in [6.45, 7) is 3.98. The van der Waals surface area contributed by atoms with E-state index in [0.717, 1.165) is 29.7 Å². The van der Waals surface area contributed by atoms with Gasteiger partial charge in [0.1, 0.15) is 5.75 Å². The Hall–Kier alpha value is -1.46. The number of benzene rings is 1. The van der Waals surface area contributed by atoms with Crippen LogP contribution in [-0.2, 0) is 19.3 Å². The van der Waals surface area contributed by atoms with E-state index in [1.807, 2.05) is 30.1 Å². The molecule has 20 heavy (non-hydrogen) atoms. The summed E-state index contributed by atoms with van der Waals surface area (Å²) < 4.78 is 7.47. The summed E-state index contributed by atoms with van der Waals surface area (Å²) in [6, 6.07) is 6.36. The highest BCUT2D eigenvalue weighted by molar-refractivity contribution is 7.98. The fraction of sp³-hybridized carbons (Fsp3) is 0.400. The van der Waals surface area contributed by atoms with Gasteiger partial charge in [-0.25, -0.2) is 4.98 Å². The molecule has 0 unspecified atom stereocenters. The number of nitrogens with one attached hydrogen (secondary N) is 1. The monoisotopic (exact) mass is 291 g/mol. The number of hydrogen-bond acceptors (Lipinski definition) is 4. The zero-order chi connectivity index (χ0) is 14.4. The van der Waals surface area contributed by atoms with Crippen LogP contribution in [0.3, 0.4) is 0 Å². The van der Waals surface area contributed by atoms with Crippen molar-refractivity contribution in [2.45, 2.75) is 24.4 Å². The average molecular weight is 291 g/mol. The van der Waals surface area contributed by atoms with Gasteiger partial charge in [-0.15, -0.1) is 0 Å². The maximum Gasteiger partial charge on any atom is 0.167 e. The predicted molar refractivity (Wildman–Crippen MR) is 83.1 cm³/mol. The van der Waals surface area contributed by atoms with Gasteiger partial charge in [-0.2, -0.15) is 0 Å². The molecule has 0 saturated heterocycles. The molecule has 1 aromatic carbocycles. The molecule has 1 N–H and O–H groups in total. The maximum absolute atomic E-state index is 5.44. The number of aryl methyl sites for hydroxylation is 1. The van der Waals surface area contributed by atoms with Crippen LogP contribution in [0.15, 0.2) is 35.7 Å². The average Bonchev–Trinajstić information content (AvgIpc) is 2.88. The Kier molecular flexibility index (Phi) is 5.49. The van der Waals surface area contributed by atoms with Crippen LogP contribution in [-0.4, -0.2) is 23.2 Å². The molecule has 2 rings (SSSR count). The fourth-order valence-electron chi connectivity index (χ4n) is 1.96. The van der Waals surface area contributed by atoms with Crippen molar-refractivity contribution in [3.63, 3.8) is 0 Å². The minimum absolute atomic E-state index is 0.855. The topological polar surface area (TPSA) is 39.1 Å². The summed E-state index contributed by atoms with van der Waals surface area (Å²) in [7, 11) is 3.72. The van der Waals surface area contributed by atoms with E-state index >= 15 is 0 Å². The molecular formula is C15H21N3OS. The number of imidazole rings is 1. The zero-order valence-corrected chi connectivity index (χ0v) is 13.0. The lowest BCUT2D eigenvalue weighted by Gasteiger charge is -2.11. The quantitative estimate of drug-likeness (QED) is 0.796. The second-order valence-electron chi connectivity index (χ2n) is 4.54. The van der Waals surface area contributed by atoms with Gasteiger partial charge in [0.25, 0.3) is 0 Å². The Balaban J connectivity index is 2.09. The molecule has 5 heteroatoms. The summed E-state index contributed by atoms with van der Waals surface area (Å²) >= 11 is 1.72. The highest BCUT2D eigenvalue weighted by Gasteiger charge is 2.07. The third kappa shape index (κ3) is 3.77. The molecule has 0 fully saturated rings. The largest absolute Gasteiger partial charge is 0.496 e. The number of thioether (sulfide) groups is 1. The van der Waals surface area contributed by atoms with E-state index in [-0.39, 0.29) is 0 Å². The van der Waals surface area contributed by atoms with Gasteiger partial charge in [-0.05, 0) is 24.2 Å². The van der Waals surface area contributed by atoms with Crippen molar-refractivity contribution in [1.29, 1.82) is 0 Å². The molecule has 0 aliphatic carbocycles. The molecule has 1 heterocycles. The molecule has 2 aromatic rings. The van der Waals surface area contributed by atoms with Crippen LogP contribution >= 0.6 is 11.8 Å². The summed E-state index contributed by atoms with van der Waals surface area (Å²) in [5, 5.41) is 4.36. The molecular weight excluding hydrogens is 270 g/mol. The van der Waals surface area contributed by atoms with Gasteiger partial charge in [0.2, 0.25) is 0 Å². The number of ether oxygens (including phenoxy) is 1. The smallest absolute Gasteiger partial charge is 0.167 e. The van der Waals surface area contributed by atoms with E-state index in [0.29, 0.717) is 0 Å². The van der Waals surface area contributed by atoms with Crippen LogP contribution in [0.4, 0.5) is 0 Å². The van der Waals surface area contributed by atoms with Crippen LogP contribution in [0.5, 0.6) is 5.75 Å². The molecule has 0 spiro atoms. The molecule has 4 nitrogen and oxygen atoms in total. The summed E-state index contributed by atoms with van der Waals surface area (Å²) in [5.41, 5.74) is 2.49. The van der Waals surface area contributed by atoms with Crippen LogP contribution in [0.1, 0.15) is 18.1 Å². The van der Waals surface area contributed by atoms with Crippen LogP contribution in [0, 0.1) is 0 Å². The third-order valence-corrected chi connectivity index (χ3v) is 4.16. The van der Waals surface area contributed by atoms with Crippen molar-refractivity contribution in [2.24, 2.45) is 7.05 Å². The molecule has 1 aromatic heterocycles. The lowest BCUT2D eigenvalue weighted by molar-refractivity contribution is 0.411. The lowest BCUT2D eigenvalue weighted by atomic mass is 10.1. The van der Waals surface area contributed by atoms with E-state index in [1.54, 1.807) is 18.9 Å². The lowest BCUT2D eigenvalue weighted by Crippen LogP contribution is -2.11. The number of methoxy groups -OCH3 is 1. The second-order valence-corrected chi connectivity index (χ2v) is 5.48. The van der Waals surface area contributed by atoms with Gasteiger partial charge in [0, 0.05) is 37.3 Å². The molecule has 0 atom stereocenters. The highest BCUT2D eigenvalue weighted by Crippen LogP contribution is 2.27. The second kappa shape index (κ2) is 7.36. The molecule has 0 amide bonds. The van der Waals surface area contributed by atoms with E-state index in [2.05, 4.69) is 29.4 Å². The first-order valence-electron chi connectivity index (χ1n) is 6.71. The van der Waals surface area contributed by atoms with Crippen molar-refractivity contribution >= 4 is 11.8 Å². The first-order chi connectivity index (χ1) is 9.74. The van der Waals surface area contributed by atoms with Crippen LogP contribution < -0.4 is 10.1 Å².